The van der Waals surface area contributed by atoms with E-state index < -0.39 is 0 Å². The number of carbonyl (C=O) groups excluding carboxylic acids is 1. The molecule has 0 fully saturated rings. The van der Waals surface area contributed by atoms with E-state index in [0.29, 0.717) is 11.8 Å². The van der Waals surface area contributed by atoms with E-state index in [2.05, 4.69) is 47.7 Å². The molecule has 5 nitrogen and oxygen atoms in total. The summed E-state index contributed by atoms with van der Waals surface area (Å²) in [4.78, 5) is 14.1. The fourth-order valence-corrected chi connectivity index (χ4v) is 2.62. The van der Waals surface area contributed by atoms with Gasteiger partial charge in [0.15, 0.2) is 0 Å². The average Bonchev–Trinajstić information content (AvgIpc) is 2.53. The summed E-state index contributed by atoms with van der Waals surface area (Å²) in [5.74, 6) is -0.172. The minimum Gasteiger partial charge on any atom is -0.469 e. The molecule has 0 aliphatic heterocycles. The van der Waals surface area contributed by atoms with Gasteiger partial charge in [-0.15, -0.1) is 0 Å². The number of ether oxygens (including phenoxy) is 1. The van der Waals surface area contributed by atoms with Gasteiger partial charge in [-0.25, -0.2) is 0 Å². The first-order valence-corrected chi connectivity index (χ1v) is 8.55. The van der Waals surface area contributed by atoms with Crippen LogP contribution in [0.15, 0.2) is 29.4 Å². The van der Waals surface area contributed by atoms with Gasteiger partial charge in [0.2, 0.25) is 0 Å². The second-order valence-corrected chi connectivity index (χ2v) is 7.34. The molecule has 0 N–H and O–H groups in total. The molecule has 1 unspecified atom stereocenters. The van der Waals surface area contributed by atoms with E-state index in [1.54, 1.807) is 0 Å². The normalized spacial score (nSPS) is 12.3. The summed E-state index contributed by atoms with van der Waals surface area (Å²) in [6, 6.07) is 8.06. The predicted molar refractivity (Wildman–Crippen MR) is 96.6 cm³/mol. The van der Waals surface area contributed by atoms with Gasteiger partial charge in [0.1, 0.15) is 0 Å². The Bertz CT molecular complexity index is 555. The Morgan fingerprint density at radius 2 is 1.92 bits per heavy atom. The summed E-state index contributed by atoms with van der Waals surface area (Å²) in [7, 11) is 1.41. The van der Waals surface area contributed by atoms with Crippen molar-refractivity contribution in [3.8, 4) is 0 Å². The largest absolute Gasteiger partial charge is 0.469 e. The van der Waals surface area contributed by atoms with Crippen LogP contribution < -0.4 is 0 Å². The number of hydrogen-bond donors (Lipinski definition) is 0. The zero-order valence-corrected chi connectivity index (χ0v) is 15.3. The van der Waals surface area contributed by atoms with Crippen molar-refractivity contribution in [3.05, 3.63) is 45.8 Å². The summed E-state index contributed by atoms with van der Waals surface area (Å²) in [6.07, 6.45) is 5.06. The maximum absolute atomic E-state index is 11.1. The fraction of sp³-hybridized carbons (Fsp3) is 0.632. The minimum absolute atomic E-state index is 0.110. The third-order valence-corrected chi connectivity index (χ3v) is 4.03. The molecule has 1 atom stereocenters. The highest BCUT2D eigenvalue weighted by atomic mass is 16.5. The molecule has 1 aromatic rings. The van der Waals surface area contributed by atoms with Crippen molar-refractivity contribution >= 4 is 5.97 Å². The fourth-order valence-electron chi connectivity index (χ4n) is 2.62. The van der Waals surface area contributed by atoms with Crippen molar-refractivity contribution in [2.45, 2.75) is 65.3 Å². The number of benzene rings is 1. The molecule has 0 spiro atoms. The van der Waals surface area contributed by atoms with E-state index in [1.165, 1.54) is 12.7 Å². The lowest BCUT2D eigenvalue weighted by Gasteiger charge is -2.19. The van der Waals surface area contributed by atoms with E-state index >= 15 is 0 Å². The molecule has 1 rings (SSSR count). The first-order chi connectivity index (χ1) is 11.4. The molecule has 5 heteroatoms. The van der Waals surface area contributed by atoms with Gasteiger partial charge in [-0.3, -0.25) is 4.79 Å². The Labute approximate surface area is 145 Å². The monoisotopic (exact) mass is 331 g/mol. The molecule has 0 saturated carbocycles. The van der Waals surface area contributed by atoms with Crippen LogP contribution in [0.3, 0.4) is 0 Å². The zero-order valence-electron chi connectivity index (χ0n) is 15.3. The molecule has 0 bridgehead atoms. The second-order valence-electron chi connectivity index (χ2n) is 7.34. The molecule has 24 heavy (non-hydrogen) atoms. The quantitative estimate of drug-likeness (QED) is 0.250. The molecular formula is C19H29N3O2. The smallest absolute Gasteiger partial charge is 0.305 e. The molecule has 0 aliphatic carbocycles. The standard InChI is InChI=1S/C19H29N3O2/c1-19(2,3)14-6-8-17(21-22-20)16-12-10-15(11-13-16)7-5-9-18(23)24-4/h10-13,17H,5-9,14H2,1-4H3. The highest BCUT2D eigenvalue weighted by molar-refractivity contribution is 5.69. The van der Waals surface area contributed by atoms with E-state index in [9.17, 15) is 4.79 Å². The minimum atomic E-state index is -0.172. The van der Waals surface area contributed by atoms with E-state index in [1.807, 2.05) is 12.1 Å². The van der Waals surface area contributed by atoms with E-state index in [4.69, 9.17) is 5.53 Å². The van der Waals surface area contributed by atoms with Crippen molar-refractivity contribution < 1.29 is 9.53 Å². The van der Waals surface area contributed by atoms with Crippen LogP contribution in [0.2, 0.25) is 0 Å². The van der Waals surface area contributed by atoms with Crippen molar-refractivity contribution in [1.29, 1.82) is 0 Å². The molecule has 0 radical (unpaired) electrons. The lowest BCUT2D eigenvalue weighted by Crippen LogP contribution is -2.05. The van der Waals surface area contributed by atoms with Crippen molar-refractivity contribution in [2.75, 3.05) is 7.11 Å². The molecule has 0 aromatic heterocycles. The van der Waals surface area contributed by atoms with Crippen LogP contribution in [0, 0.1) is 5.41 Å². The third kappa shape index (κ3) is 8.02. The Morgan fingerprint density at radius 1 is 1.25 bits per heavy atom. The number of nitrogens with zero attached hydrogens (tertiary/aromatic N) is 3. The molecule has 0 saturated heterocycles. The molecule has 0 aliphatic rings. The van der Waals surface area contributed by atoms with Gasteiger partial charge in [0.05, 0.1) is 13.2 Å². The number of rotatable bonds is 9. The maximum atomic E-state index is 11.1. The van der Waals surface area contributed by atoms with Crippen LogP contribution in [0.5, 0.6) is 0 Å². The average molecular weight is 331 g/mol. The number of carbonyl (C=O) groups is 1. The highest BCUT2D eigenvalue weighted by Crippen LogP contribution is 2.28. The number of esters is 1. The van der Waals surface area contributed by atoms with Gasteiger partial charge in [0, 0.05) is 11.3 Å². The lowest BCUT2D eigenvalue weighted by atomic mass is 9.88. The molecule has 1 aromatic carbocycles. The molecule has 0 heterocycles. The first kappa shape index (κ1) is 20.0. The predicted octanol–water partition coefficient (Wildman–Crippen LogP) is 5.75. The van der Waals surface area contributed by atoms with Crippen molar-refractivity contribution in [1.82, 2.24) is 0 Å². The Balaban J connectivity index is 2.59. The summed E-state index contributed by atoms with van der Waals surface area (Å²) in [6.45, 7) is 6.66. The van der Waals surface area contributed by atoms with Crippen LogP contribution in [0.4, 0.5) is 0 Å². The Kier molecular flexibility index (Phi) is 8.34. The first-order valence-electron chi connectivity index (χ1n) is 8.55. The van der Waals surface area contributed by atoms with Crippen molar-refractivity contribution in [2.24, 2.45) is 10.5 Å². The Hall–Kier alpha value is -2.00. The topological polar surface area (TPSA) is 75.1 Å². The van der Waals surface area contributed by atoms with Gasteiger partial charge in [0.25, 0.3) is 0 Å². The lowest BCUT2D eigenvalue weighted by molar-refractivity contribution is -0.140. The van der Waals surface area contributed by atoms with Gasteiger partial charge >= 0.3 is 5.97 Å². The maximum Gasteiger partial charge on any atom is 0.305 e. The SMILES string of the molecule is COC(=O)CCCc1ccc(C(CCCC(C)(C)C)N=[N+]=[N-])cc1. The number of aryl methyl sites for hydroxylation is 1. The third-order valence-electron chi connectivity index (χ3n) is 4.03. The van der Waals surface area contributed by atoms with Crippen LogP contribution in [-0.2, 0) is 16.0 Å². The summed E-state index contributed by atoms with van der Waals surface area (Å²) < 4.78 is 4.64. The molecule has 0 amide bonds. The van der Waals surface area contributed by atoms with Crippen LogP contribution in [0.1, 0.15) is 70.0 Å². The summed E-state index contributed by atoms with van der Waals surface area (Å²) in [5, 5.41) is 3.96. The van der Waals surface area contributed by atoms with Crippen LogP contribution in [-0.4, -0.2) is 13.1 Å². The highest BCUT2D eigenvalue weighted by Gasteiger charge is 2.14. The number of azide groups is 1. The van der Waals surface area contributed by atoms with E-state index in [0.717, 1.165) is 37.7 Å². The van der Waals surface area contributed by atoms with Gasteiger partial charge in [-0.2, -0.15) is 0 Å². The van der Waals surface area contributed by atoms with E-state index in [-0.39, 0.29) is 12.0 Å². The zero-order chi connectivity index (χ0) is 18.0. The molecular weight excluding hydrogens is 302 g/mol. The number of hydrogen-bond acceptors (Lipinski definition) is 3. The molecule has 132 valence electrons. The van der Waals surface area contributed by atoms with Gasteiger partial charge < -0.3 is 4.74 Å². The Morgan fingerprint density at radius 3 is 2.46 bits per heavy atom. The van der Waals surface area contributed by atoms with Crippen LogP contribution in [0.25, 0.3) is 10.4 Å². The van der Waals surface area contributed by atoms with Gasteiger partial charge in [-0.1, -0.05) is 56.6 Å². The second kappa shape index (κ2) is 9.99. The van der Waals surface area contributed by atoms with Crippen LogP contribution >= 0.6 is 0 Å². The summed E-state index contributed by atoms with van der Waals surface area (Å²) in [5.41, 5.74) is 11.3. The van der Waals surface area contributed by atoms with Gasteiger partial charge in [-0.05, 0) is 47.8 Å². The van der Waals surface area contributed by atoms with Crippen molar-refractivity contribution in [3.63, 3.8) is 0 Å². The summed E-state index contributed by atoms with van der Waals surface area (Å²) >= 11 is 0. The number of methoxy groups -OCH3 is 1.